The van der Waals surface area contributed by atoms with Gasteiger partial charge in [0.05, 0.1) is 0 Å². The molecule has 2 rings (SSSR count). The third-order valence-electron chi connectivity index (χ3n) is 3.99. The number of rotatable bonds is 6. The monoisotopic (exact) mass is 498 g/mol. The van der Waals surface area contributed by atoms with Crippen molar-refractivity contribution in [2.75, 3.05) is 6.61 Å². The van der Waals surface area contributed by atoms with Crippen LogP contribution >= 0.6 is 15.9 Å². The molecule has 1 unspecified atom stereocenters. The minimum atomic E-state index is -0.650. The predicted molar refractivity (Wildman–Crippen MR) is 112 cm³/mol. The number of esters is 1. The first-order valence-electron chi connectivity index (χ1n) is 8.92. The number of halogens is 1. The molecule has 1 aromatic heterocycles. The second kappa shape index (κ2) is 8.83. The first kappa shape index (κ1) is 22.0. The number of aryl methyl sites for hydroxylation is 1. The van der Waals surface area contributed by atoms with E-state index in [0.29, 0.717) is 17.5 Å². The van der Waals surface area contributed by atoms with Crippen LogP contribution < -0.4 is 0 Å². The van der Waals surface area contributed by atoms with Gasteiger partial charge in [-0.1, -0.05) is 0 Å². The summed E-state index contributed by atoms with van der Waals surface area (Å²) >= 11 is 2.92. The third kappa shape index (κ3) is 5.38. The molecule has 7 heteroatoms. The predicted octanol–water partition coefficient (Wildman–Crippen LogP) is 5.51. The molecule has 0 aliphatic carbocycles. The van der Waals surface area contributed by atoms with Gasteiger partial charge in [-0.15, -0.1) is 0 Å². The second-order valence-corrected chi connectivity index (χ2v) is 10.5. The second-order valence-electron chi connectivity index (χ2n) is 7.40. The summed E-state index contributed by atoms with van der Waals surface area (Å²) in [7, 11) is 0. The summed E-state index contributed by atoms with van der Waals surface area (Å²) < 4.78 is 13.6. The Balaban J connectivity index is 2.39. The summed E-state index contributed by atoms with van der Waals surface area (Å²) in [5, 5.41) is 1.65. The van der Waals surface area contributed by atoms with Crippen LogP contribution in [-0.4, -0.2) is 43.3 Å². The van der Waals surface area contributed by atoms with E-state index < -0.39 is 21.4 Å². The molecule has 1 atom stereocenters. The number of benzene rings is 1. The average Bonchev–Trinajstić information content (AvgIpc) is 2.95. The molecule has 0 aliphatic heterocycles. The van der Waals surface area contributed by atoms with E-state index in [4.69, 9.17) is 9.47 Å². The van der Waals surface area contributed by atoms with Gasteiger partial charge in [-0.25, -0.2) is 0 Å². The molecular formula is C20H26AsBrNO4. The van der Waals surface area contributed by atoms with Crippen LogP contribution in [0.2, 0.25) is 5.21 Å². The van der Waals surface area contributed by atoms with Crippen LogP contribution in [0.1, 0.15) is 56.7 Å². The summed E-state index contributed by atoms with van der Waals surface area (Å²) in [5.74, 6) is -0.343. The van der Waals surface area contributed by atoms with Gasteiger partial charge in [0.2, 0.25) is 0 Å². The van der Waals surface area contributed by atoms with Crippen LogP contribution in [0, 0.1) is 6.92 Å². The van der Waals surface area contributed by atoms with Crippen LogP contribution in [0.3, 0.4) is 0 Å². The molecule has 0 spiro atoms. The Kier molecular flexibility index (Phi) is 7.20. The van der Waals surface area contributed by atoms with E-state index in [1.807, 2.05) is 57.4 Å². The number of hydrogen-bond acceptors (Lipinski definition) is 4. The van der Waals surface area contributed by atoms with E-state index in [9.17, 15) is 9.59 Å². The van der Waals surface area contributed by atoms with Gasteiger partial charge in [0.1, 0.15) is 0 Å². The molecule has 1 heterocycles. The molecular weight excluding hydrogens is 473 g/mol. The Hall–Kier alpha value is -1.26. The number of hydrogen-bond donors (Lipinski definition) is 0. The summed E-state index contributed by atoms with van der Waals surface area (Å²) in [4.78, 5) is 24.7. The van der Waals surface area contributed by atoms with Gasteiger partial charge in [0.15, 0.2) is 0 Å². The summed E-state index contributed by atoms with van der Waals surface area (Å²) in [6.07, 6.45) is 0. The van der Waals surface area contributed by atoms with Gasteiger partial charge in [-0.2, -0.15) is 0 Å². The SMILES string of the molecule is CCOC(=O)c1cc2ccc(Br)c(C)c2n1C(C)C[As]C(=O)OC(C)(C)C. The number of carbonyl (C=O) groups is 2. The molecule has 0 saturated heterocycles. The maximum absolute atomic E-state index is 12.5. The molecule has 27 heavy (non-hydrogen) atoms. The Bertz CT molecular complexity index is 854. The van der Waals surface area contributed by atoms with E-state index >= 15 is 0 Å². The van der Waals surface area contributed by atoms with Crippen LogP contribution in [0.4, 0.5) is 4.79 Å². The van der Waals surface area contributed by atoms with Gasteiger partial charge in [0.25, 0.3) is 0 Å². The molecule has 0 saturated carbocycles. The van der Waals surface area contributed by atoms with Crippen molar-refractivity contribution in [3.05, 3.63) is 33.9 Å². The normalized spacial score (nSPS) is 13.3. The topological polar surface area (TPSA) is 57.5 Å². The van der Waals surface area contributed by atoms with Crippen molar-refractivity contribution in [1.29, 1.82) is 0 Å². The molecule has 5 nitrogen and oxygen atoms in total. The van der Waals surface area contributed by atoms with E-state index in [1.54, 1.807) is 6.92 Å². The van der Waals surface area contributed by atoms with Gasteiger partial charge >= 0.3 is 176 Å². The van der Waals surface area contributed by atoms with Crippen LogP contribution in [0.25, 0.3) is 10.9 Å². The quantitative estimate of drug-likeness (QED) is 0.389. The van der Waals surface area contributed by atoms with Crippen LogP contribution in [-0.2, 0) is 9.47 Å². The van der Waals surface area contributed by atoms with Crippen molar-refractivity contribution in [3.8, 4) is 0 Å². The van der Waals surface area contributed by atoms with E-state index in [-0.39, 0.29) is 16.8 Å². The summed E-state index contributed by atoms with van der Waals surface area (Å²) in [6.45, 7) is 11.8. The molecule has 1 aromatic carbocycles. The number of aromatic nitrogens is 1. The zero-order valence-electron chi connectivity index (χ0n) is 16.6. The van der Waals surface area contributed by atoms with Crippen LogP contribution in [0.5, 0.6) is 0 Å². The number of fused-ring (bicyclic) bond motifs is 1. The average molecular weight is 499 g/mol. The van der Waals surface area contributed by atoms with E-state index in [0.717, 1.165) is 20.9 Å². The minimum absolute atomic E-state index is 0.0255. The van der Waals surface area contributed by atoms with Gasteiger partial charge in [-0.05, 0) is 0 Å². The fourth-order valence-electron chi connectivity index (χ4n) is 2.87. The molecule has 0 amide bonds. The third-order valence-corrected chi connectivity index (χ3v) is 7.08. The van der Waals surface area contributed by atoms with E-state index in [1.165, 1.54) is 0 Å². The summed E-state index contributed by atoms with van der Waals surface area (Å²) in [5.41, 5.74) is 2.09. The Morgan fingerprint density at radius 1 is 1.30 bits per heavy atom. The first-order chi connectivity index (χ1) is 12.5. The maximum atomic E-state index is 12.5. The zero-order valence-corrected chi connectivity index (χ0v) is 20.1. The standard InChI is InChI=1S/C20H26AsBrNO4/c1-7-26-18(24)16-10-14-8-9-15(22)13(3)17(14)23(16)12(2)11-21-19(25)27-20(4,5)6/h8-10,12H,7,11H2,1-6H3. The Morgan fingerprint density at radius 2 is 1.96 bits per heavy atom. The molecule has 0 aliphatic rings. The molecule has 1 radical (unpaired) electrons. The van der Waals surface area contributed by atoms with Crippen molar-refractivity contribution >= 4 is 53.3 Å². The van der Waals surface area contributed by atoms with Crippen molar-refractivity contribution in [3.63, 3.8) is 0 Å². The number of nitrogens with zero attached hydrogens (tertiary/aromatic N) is 1. The Labute approximate surface area is 175 Å². The van der Waals surface area contributed by atoms with Gasteiger partial charge < -0.3 is 0 Å². The first-order valence-corrected chi connectivity index (χ1v) is 12.0. The van der Waals surface area contributed by atoms with Crippen molar-refractivity contribution < 1.29 is 19.1 Å². The van der Waals surface area contributed by atoms with E-state index in [2.05, 4.69) is 15.9 Å². The molecule has 0 N–H and O–H groups in total. The fourth-order valence-corrected chi connectivity index (χ4v) is 5.11. The van der Waals surface area contributed by atoms with Gasteiger partial charge in [-0.3, -0.25) is 0 Å². The molecule has 0 bridgehead atoms. The molecule has 0 fully saturated rings. The number of ether oxygens (including phenoxy) is 2. The molecule has 2 aromatic rings. The van der Waals surface area contributed by atoms with Gasteiger partial charge in [0, 0.05) is 0 Å². The van der Waals surface area contributed by atoms with Crippen LogP contribution in [0.15, 0.2) is 22.7 Å². The van der Waals surface area contributed by atoms with Crippen molar-refractivity contribution in [2.45, 2.75) is 58.4 Å². The molecule has 147 valence electrons. The number of carbonyl (C=O) groups excluding carboxylic acids is 2. The Morgan fingerprint density at radius 3 is 2.56 bits per heavy atom. The summed E-state index contributed by atoms with van der Waals surface area (Å²) in [6, 6.07) is 5.81. The van der Waals surface area contributed by atoms with Crippen molar-refractivity contribution in [2.24, 2.45) is 0 Å². The van der Waals surface area contributed by atoms with Crippen molar-refractivity contribution in [1.82, 2.24) is 4.57 Å². The zero-order chi connectivity index (χ0) is 20.4. The fraction of sp³-hybridized carbons (Fsp3) is 0.500.